The molecule has 1 rings (SSSR count). The van der Waals surface area contributed by atoms with E-state index in [0.717, 1.165) is 31.3 Å². The van der Waals surface area contributed by atoms with Crippen molar-refractivity contribution in [1.82, 2.24) is 10.6 Å². The number of hydrogen-bond acceptors (Lipinski definition) is 2. The van der Waals surface area contributed by atoms with Crippen molar-refractivity contribution in [1.29, 1.82) is 0 Å². The molecular weight excluding hydrogens is 365 g/mol. The van der Waals surface area contributed by atoms with E-state index in [9.17, 15) is 0 Å². The van der Waals surface area contributed by atoms with Crippen LogP contribution in [-0.4, -0.2) is 32.7 Å². The van der Waals surface area contributed by atoms with Crippen LogP contribution in [0.25, 0.3) is 0 Å². The molecule has 114 valence electrons. The van der Waals surface area contributed by atoms with E-state index in [2.05, 4.69) is 42.5 Å². The van der Waals surface area contributed by atoms with Crippen LogP contribution in [0.3, 0.4) is 0 Å². The molecule has 0 saturated heterocycles. The smallest absolute Gasteiger partial charge is 0.191 e. The van der Waals surface area contributed by atoms with Crippen LogP contribution in [0, 0.1) is 0 Å². The summed E-state index contributed by atoms with van der Waals surface area (Å²) in [6.45, 7) is 8.77. The van der Waals surface area contributed by atoms with Crippen molar-refractivity contribution < 1.29 is 4.74 Å². The van der Waals surface area contributed by atoms with E-state index in [0.29, 0.717) is 5.92 Å². The molecule has 1 aromatic carbocycles. The lowest BCUT2D eigenvalue weighted by Gasteiger charge is -2.15. The lowest BCUT2D eigenvalue weighted by Crippen LogP contribution is -2.37. The number of para-hydroxylation sites is 1. The summed E-state index contributed by atoms with van der Waals surface area (Å²) >= 11 is 0. The van der Waals surface area contributed by atoms with Crippen LogP contribution in [0.4, 0.5) is 0 Å². The number of benzene rings is 1. The highest BCUT2D eigenvalue weighted by Gasteiger charge is 2.10. The third-order valence-corrected chi connectivity index (χ3v) is 2.88. The van der Waals surface area contributed by atoms with Crippen molar-refractivity contribution in [2.75, 3.05) is 26.7 Å². The zero-order valence-corrected chi connectivity index (χ0v) is 15.1. The summed E-state index contributed by atoms with van der Waals surface area (Å²) in [5, 5.41) is 6.45. The van der Waals surface area contributed by atoms with Crippen LogP contribution in [-0.2, 0) is 0 Å². The molecule has 0 aliphatic carbocycles. The Labute approximate surface area is 139 Å². The molecule has 0 fully saturated rings. The van der Waals surface area contributed by atoms with Gasteiger partial charge in [0.2, 0.25) is 0 Å². The summed E-state index contributed by atoms with van der Waals surface area (Å²) in [7, 11) is 1.71. The van der Waals surface area contributed by atoms with Crippen molar-refractivity contribution in [2.45, 2.75) is 26.7 Å². The number of nitrogens with zero attached hydrogens (tertiary/aromatic N) is 1. The van der Waals surface area contributed by atoms with Gasteiger partial charge in [0.1, 0.15) is 5.75 Å². The van der Waals surface area contributed by atoms with Crippen LogP contribution < -0.4 is 15.4 Å². The van der Waals surface area contributed by atoms with Crippen LogP contribution >= 0.6 is 24.0 Å². The van der Waals surface area contributed by atoms with Crippen molar-refractivity contribution >= 4 is 29.9 Å². The minimum absolute atomic E-state index is 0. The average molecular weight is 391 g/mol. The van der Waals surface area contributed by atoms with E-state index < -0.39 is 0 Å². The molecule has 5 heteroatoms. The van der Waals surface area contributed by atoms with E-state index >= 15 is 0 Å². The van der Waals surface area contributed by atoms with Gasteiger partial charge in [0.05, 0.1) is 7.11 Å². The predicted octanol–water partition coefficient (Wildman–Crippen LogP) is 2.99. The molecule has 0 aromatic heterocycles. The molecule has 0 heterocycles. The number of rotatable bonds is 6. The molecule has 1 aromatic rings. The number of ether oxygens (including phenoxy) is 1. The molecule has 0 spiro atoms. The Hall–Kier alpha value is -0.980. The van der Waals surface area contributed by atoms with E-state index in [1.54, 1.807) is 7.11 Å². The maximum atomic E-state index is 5.39. The zero-order valence-electron chi connectivity index (χ0n) is 12.8. The van der Waals surface area contributed by atoms with Crippen molar-refractivity contribution in [3.05, 3.63) is 29.8 Å². The topological polar surface area (TPSA) is 45.7 Å². The summed E-state index contributed by atoms with van der Waals surface area (Å²) in [5.74, 6) is 2.12. The molecular formula is C15H26IN3O. The van der Waals surface area contributed by atoms with E-state index in [1.165, 1.54) is 5.56 Å². The van der Waals surface area contributed by atoms with Gasteiger partial charge < -0.3 is 15.4 Å². The Morgan fingerprint density at radius 1 is 1.20 bits per heavy atom. The largest absolute Gasteiger partial charge is 0.496 e. The van der Waals surface area contributed by atoms with Gasteiger partial charge >= 0.3 is 0 Å². The van der Waals surface area contributed by atoms with Crippen LogP contribution in [0.2, 0.25) is 0 Å². The highest BCUT2D eigenvalue weighted by Crippen LogP contribution is 2.26. The van der Waals surface area contributed by atoms with Gasteiger partial charge in [-0.1, -0.05) is 25.1 Å². The first kappa shape index (κ1) is 19.0. The minimum Gasteiger partial charge on any atom is -0.496 e. The molecule has 0 radical (unpaired) electrons. The fourth-order valence-corrected chi connectivity index (χ4v) is 1.91. The molecule has 0 aliphatic heterocycles. The maximum Gasteiger partial charge on any atom is 0.191 e. The van der Waals surface area contributed by atoms with E-state index in [4.69, 9.17) is 4.74 Å². The Morgan fingerprint density at radius 3 is 2.35 bits per heavy atom. The number of hydrogen-bond donors (Lipinski definition) is 2. The van der Waals surface area contributed by atoms with Crippen LogP contribution in [0.5, 0.6) is 5.75 Å². The highest BCUT2D eigenvalue weighted by atomic mass is 127. The number of aliphatic imine (C=N–C) groups is 1. The number of halogens is 1. The second-order valence-corrected chi connectivity index (χ2v) is 4.39. The van der Waals surface area contributed by atoms with E-state index in [-0.39, 0.29) is 24.0 Å². The third-order valence-electron chi connectivity index (χ3n) is 2.88. The van der Waals surface area contributed by atoms with Gasteiger partial charge in [-0.2, -0.15) is 0 Å². The molecule has 0 amide bonds. The lowest BCUT2D eigenvalue weighted by atomic mass is 10.0. The van der Waals surface area contributed by atoms with Gasteiger partial charge in [-0.25, -0.2) is 0 Å². The second-order valence-electron chi connectivity index (χ2n) is 4.39. The summed E-state index contributed by atoms with van der Waals surface area (Å²) in [4.78, 5) is 4.59. The highest BCUT2D eigenvalue weighted by molar-refractivity contribution is 14.0. The molecule has 1 atom stereocenters. The fraction of sp³-hybridized carbons (Fsp3) is 0.533. The van der Waals surface area contributed by atoms with Gasteiger partial charge in [0, 0.05) is 25.6 Å². The quantitative estimate of drug-likeness (QED) is 0.445. The monoisotopic (exact) mass is 391 g/mol. The molecule has 20 heavy (non-hydrogen) atoms. The lowest BCUT2D eigenvalue weighted by molar-refractivity contribution is 0.407. The van der Waals surface area contributed by atoms with Crippen molar-refractivity contribution in [3.63, 3.8) is 0 Å². The Balaban J connectivity index is 0.00000361. The number of nitrogens with one attached hydrogen (secondary N) is 2. The van der Waals surface area contributed by atoms with Gasteiger partial charge in [-0.15, -0.1) is 24.0 Å². The molecule has 1 unspecified atom stereocenters. The first-order valence-corrected chi connectivity index (χ1v) is 6.88. The first-order chi connectivity index (χ1) is 9.22. The molecule has 0 saturated carbocycles. The molecule has 0 aliphatic rings. The fourth-order valence-electron chi connectivity index (χ4n) is 1.91. The third kappa shape index (κ3) is 5.98. The van der Waals surface area contributed by atoms with Gasteiger partial charge in [-0.3, -0.25) is 4.99 Å². The minimum atomic E-state index is 0. The summed E-state index contributed by atoms with van der Waals surface area (Å²) in [5.41, 5.74) is 1.20. The summed E-state index contributed by atoms with van der Waals surface area (Å²) < 4.78 is 5.39. The zero-order chi connectivity index (χ0) is 14.1. The molecule has 0 bridgehead atoms. The number of methoxy groups -OCH3 is 1. The molecule has 4 nitrogen and oxygen atoms in total. The van der Waals surface area contributed by atoms with Crippen molar-refractivity contribution in [3.8, 4) is 5.75 Å². The van der Waals surface area contributed by atoms with Crippen LogP contribution in [0.15, 0.2) is 29.3 Å². The van der Waals surface area contributed by atoms with Gasteiger partial charge in [0.25, 0.3) is 0 Å². The molecule has 2 N–H and O–H groups in total. The summed E-state index contributed by atoms with van der Waals surface area (Å²) in [6, 6.07) is 8.11. The Bertz CT molecular complexity index is 402. The SMILES string of the molecule is CCNC(=NCC(C)c1ccccc1OC)NCC.I. The first-order valence-electron chi connectivity index (χ1n) is 6.88. The van der Waals surface area contributed by atoms with Gasteiger partial charge in [-0.05, 0) is 25.5 Å². The second kappa shape index (κ2) is 10.8. The summed E-state index contributed by atoms with van der Waals surface area (Å²) in [6.07, 6.45) is 0. The predicted molar refractivity (Wildman–Crippen MR) is 96.5 cm³/mol. The number of guanidine groups is 1. The maximum absolute atomic E-state index is 5.39. The van der Waals surface area contributed by atoms with Crippen molar-refractivity contribution in [2.24, 2.45) is 4.99 Å². The van der Waals surface area contributed by atoms with E-state index in [1.807, 2.05) is 18.2 Å². The Morgan fingerprint density at radius 2 is 1.80 bits per heavy atom. The average Bonchev–Trinajstić information content (AvgIpc) is 2.44. The Kier molecular flexibility index (Phi) is 10.2. The van der Waals surface area contributed by atoms with Gasteiger partial charge in [0.15, 0.2) is 5.96 Å². The van der Waals surface area contributed by atoms with Crippen LogP contribution in [0.1, 0.15) is 32.3 Å². The normalized spacial score (nSPS) is 11.0. The standard InChI is InChI=1S/C15H25N3O.HI/c1-5-16-15(17-6-2)18-11-12(3)13-9-7-8-10-14(13)19-4;/h7-10,12H,5-6,11H2,1-4H3,(H2,16,17,18);1H.